The SMILES string of the molecule is Cc1ccc(C(=O)Nc2ccc(N3CCOCC3)cc2)cc1-c1ccc(C(=O)N2CCCC2)cc1. The first-order chi connectivity index (χ1) is 17.1. The summed E-state index contributed by atoms with van der Waals surface area (Å²) in [6.45, 7) is 6.96. The lowest BCUT2D eigenvalue weighted by atomic mass is 9.97. The standard InChI is InChI=1S/C29H31N3O3/c1-21-4-5-24(28(33)30-25-10-12-26(13-11-25)31-16-18-35-19-17-31)20-27(21)22-6-8-23(9-7-22)29(34)32-14-2-3-15-32/h4-13,20H,2-3,14-19H2,1H3,(H,30,33). The van der Waals surface area contributed by atoms with Crippen molar-refractivity contribution >= 4 is 23.2 Å². The lowest BCUT2D eigenvalue weighted by Crippen LogP contribution is -2.36. The van der Waals surface area contributed by atoms with Gasteiger partial charge in [-0.25, -0.2) is 0 Å². The molecule has 0 spiro atoms. The number of likely N-dealkylation sites (tertiary alicyclic amines) is 1. The molecule has 2 aliphatic heterocycles. The lowest BCUT2D eigenvalue weighted by molar-refractivity contribution is 0.0792. The van der Waals surface area contributed by atoms with Crippen molar-refractivity contribution in [2.45, 2.75) is 19.8 Å². The van der Waals surface area contributed by atoms with Gasteiger partial charge in [0.2, 0.25) is 0 Å². The van der Waals surface area contributed by atoms with E-state index in [9.17, 15) is 9.59 Å². The Morgan fingerprint density at radius 2 is 1.46 bits per heavy atom. The number of amides is 2. The molecule has 0 aliphatic carbocycles. The van der Waals surface area contributed by atoms with Gasteiger partial charge in [0.15, 0.2) is 0 Å². The predicted molar refractivity (Wildman–Crippen MR) is 139 cm³/mol. The number of aryl methyl sites for hydroxylation is 1. The Bertz CT molecular complexity index is 1190. The lowest BCUT2D eigenvalue weighted by Gasteiger charge is -2.28. The molecule has 6 heteroatoms. The van der Waals surface area contributed by atoms with Gasteiger partial charge in [-0.05, 0) is 85.0 Å². The van der Waals surface area contributed by atoms with Crippen LogP contribution in [0.25, 0.3) is 11.1 Å². The molecule has 35 heavy (non-hydrogen) atoms. The van der Waals surface area contributed by atoms with Gasteiger partial charge in [-0.2, -0.15) is 0 Å². The molecule has 180 valence electrons. The van der Waals surface area contributed by atoms with Gasteiger partial charge in [-0.3, -0.25) is 9.59 Å². The highest BCUT2D eigenvalue weighted by atomic mass is 16.5. The van der Waals surface area contributed by atoms with Crippen LogP contribution in [0.4, 0.5) is 11.4 Å². The van der Waals surface area contributed by atoms with Crippen molar-refractivity contribution in [2.75, 3.05) is 49.6 Å². The van der Waals surface area contributed by atoms with E-state index in [2.05, 4.69) is 10.2 Å². The molecule has 2 saturated heterocycles. The van der Waals surface area contributed by atoms with Crippen molar-refractivity contribution in [3.05, 3.63) is 83.4 Å². The third-order valence-electron chi connectivity index (χ3n) is 6.84. The molecule has 2 fully saturated rings. The largest absolute Gasteiger partial charge is 0.378 e. The maximum atomic E-state index is 13.0. The number of hydrogen-bond acceptors (Lipinski definition) is 4. The number of nitrogens with zero attached hydrogens (tertiary/aromatic N) is 2. The molecule has 0 unspecified atom stereocenters. The zero-order valence-corrected chi connectivity index (χ0v) is 20.1. The van der Waals surface area contributed by atoms with Crippen LogP contribution in [0.1, 0.15) is 39.1 Å². The quantitative estimate of drug-likeness (QED) is 0.572. The molecular formula is C29H31N3O3. The van der Waals surface area contributed by atoms with Crippen molar-refractivity contribution in [3.63, 3.8) is 0 Å². The monoisotopic (exact) mass is 469 g/mol. The number of hydrogen-bond donors (Lipinski definition) is 1. The Morgan fingerprint density at radius 1 is 0.800 bits per heavy atom. The molecule has 2 heterocycles. The van der Waals surface area contributed by atoms with Crippen LogP contribution in [0.15, 0.2) is 66.7 Å². The molecule has 2 amide bonds. The van der Waals surface area contributed by atoms with Crippen LogP contribution in [-0.2, 0) is 4.74 Å². The predicted octanol–water partition coefficient (Wildman–Crippen LogP) is 4.99. The molecule has 0 bridgehead atoms. The molecule has 0 saturated carbocycles. The second-order valence-electron chi connectivity index (χ2n) is 9.21. The summed E-state index contributed by atoms with van der Waals surface area (Å²) in [4.78, 5) is 29.9. The number of carbonyl (C=O) groups excluding carboxylic acids is 2. The van der Waals surface area contributed by atoms with Crippen molar-refractivity contribution in [1.82, 2.24) is 4.90 Å². The van der Waals surface area contributed by atoms with E-state index in [1.807, 2.05) is 78.6 Å². The summed E-state index contributed by atoms with van der Waals surface area (Å²) in [6.07, 6.45) is 2.16. The highest BCUT2D eigenvalue weighted by Crippen LogP contribution is 2.27. The van der Waals surface area contributed by atoms with E-state index in [1.165, 1.54) is 0 Å². The van der Waals surface area contributed by atoms with E-state index in [1.54, 1.807) is 0 Å². The molecule has 6 nitrogen and oxygen atoms in total. The molecule has 3 aromatic carbocycles. The second kappa shape index (κ2) is 10.3. The Labute approximate surface area is 206 Å². The maximum absolute atomic E-state index is 13.0. The smallest absolute Gasteiger partial charge is 0.255 e. The minimum atomic E-state index is -0.147. The normalized spacial score (nSPS) is 15.8. The average molecular weight is 470 g/mol. The van der Waals surface area contributed by atoms with Crippen LogP contribution in [0.5, 0.6) is 0 Å². The number of ether oxygens (including phenoxy) is 1. The molecule has 2 aliphatic rings. The van der Waals surface area contributed by atoms with Gasteiger partial charge >= 0.3 is 0 Å². The third-order valence-corrected chi connectivity index (χ3v) is 6.84. The molecule has 0 radical (unpaired) electrons. The molecule has 0 atom stereocenters. The summed E-state index contributed by atoms with van der Waals surface area (Å²) in [5.74, 6) is -0.0512. The fourth-order valence-corrected chi connectivity index (χ4v) is 4.75. The van der Waals surface area contributed by atoms with Gasteiger partial charge in [0.25, 0.3) is 11.8 Å². The van der Waals surface area contributed by atoms with Gasteiger partial charge in [0.1, 0.15) is 0 Å². The zero-order chi connectivity index (χ0) is 24.2. The maximum Gasteiger partial charge on any atom is 0.255 e. The minimum Gasteiger partial charge on any atom is -0.378 e. The van der Waals surface area contributed by atoms with E-state index < -0.39 is 0 Å². The van der Waals surface area contributed by atoms with Crippen LogP contribution < -0.4 is 10.2 Å². The molecule has 1 N–H and O–H groups in total. The number of nitrogens with one attached hydrogen (secondary N) is 1. The van der Waals surface area contributed by atoms with Crippen molar-refractivity contribution < 1.29 is 14.3 Å². The molecule has 3 aromatic rings. The summed E-state index contributed by atoms with van der Waals surface area (Å²) >= 11 is 0. The van der Waals surface area contributed by atoms with Gasteiger partial charge < -0.3 is 19.9 Å². The molecule has 0 aromatic heterocycles. The highest BCUT2D eigenvalue weighted by molar-refractivity contribution is 6.05. The summed E-state index contributed by atoms with van der Waals surface area (Å²) in [6, 6.07) is 21.4. The van der Waals surface area contributed by atoms with Gasteiger partial charge in [0, 0.05) is 48.7 Å². The average Bonchev–Trinajstić information content (AvgIpc) is 3.45. The van der Waals surface area contributed by atoms with Crippen LogP contribution in [0, 0.1) is 6.92 Å². The zero-order valence-electron chi connectivity index (χ0n) is 20.1. The topological polar surface area (TPSA) is 61.9 Å². The van der Waals surface area contributed by atoms with E-state index in [0.29, 0.717) is 11.1 Å². The van der Waals surface area contributed by atoms with Crippen molar-refractivity contribution in [1.29, 1.82) is 0 Å². The highest BCUT2D eigenvalue weighted by Gasteiger charge is 2.19. The fraction of sp³-hybridized carbons (Fsp3) is 0.310. The summed E-state index contributed by atoms with van der Waals surface area (Å²) < 4.78 is 5.42. The third kappa shape index (κ3) is 5.23. The van der Waals surface area contributed by atoms with Gasteiger partial charge in [-0.1, -0.05) is 18.2 Å². The van der Waals surface area contributed by atoms with E-state index in [0.717, 1.165) is 80.3 Å². The number of rotatable bonds is 5. The first-order valence-electron chi connectivity index (χ1n) is 12.3. The Balaban J connectivity index is 1.28. The number of anilines is 2. The first kappa shape index (κ1) is 23.1. The van der Waals surface area contributed by atoms with E-state index >= 15 is 0 Å². The Hall–Kier alpha value is -3.64. The minimum absolute atomic E-state index is 0.0959. The van der Waals surface area contributed by atoms with Gasteiger partial charge in [0.05, 0.1) is 13.2 Å². The summed E-state index contributed by atoms with van der Waals surface area (Å²) in [5, 5.41) is 3.01. The Kier molecular flexibility index (Phi) is 6.82. The number of benzene rings is 3. The fourth-order valence-electron chi connectivity index (χ4n) is 4.75. The summed E-state index contributed by atoms with van der Waals surface area (Å²) in [5.41, 5.74) is 6.26. The van der Waals surface area contributed by atoms with Crippen LogP contribution in [0.3, 0.4) is 0 Å². The van der Waals surface area contributed by atoms with E-state index in [-0.39, 0.29) is 11.8 Å². The van der Waals surface area contributed by atoms with Crippen LogP contribution in [-0.4, -0.2) is 56.1 Å². The summed E-state index contributed by atoms with van der Waals surface area (Å²) in [7, 11) is 0. The van der Waals surface area contributed by atoms with Crippen LogP contribution in [0.2, 0.25) is 0 Å². The van der Waals surface area contributed by atoms with Crippen molar-refractivity contribution in [3.8, 4) is 11.1 Å². The van der Waals surface area contributed by atoms with Crippen molar-refractivity contribution in [2.24, 2.45) is 0 Å². The molecule has 5 rings (SSSR count). The van der Waals surface area contributed by atoms with E-state index in [4.69, 9.17) is 4.74 Å². The second-order valence-corrected chi connectivity index (χ2v) is 9.21. The van der Waals surface area contributed by atoms with Gasteiger partial charge in [-0.15, -0.1) is 0 Å². The molecular weight excluding hydrogens is 438 g/mol. The first-order valence-corrected chi connectivity index (χ1v) is 12.3. The Morgan fingerprint density at radius 3 is 2.14 bits per heavy atom. The number of morpholine rings is 1. The van der Waals surface area contributed by atoms with Crippen LogP contribution >= 0.6 is 0 Å². The number of carbonyl (C=O) groups is 2.